The lowest BCUT2D eigenvalue weighted by atomic mass is 9.83. The molecule has 2 saturated carbocycles. The average Bonchev–Trinajstić information content (AvgIpc) is 3.24. The Morgan fingerprint density at radius 3 is 2.79 bits per heavy atom. The maximum Gasteiger partial charge on any atom is 0.320 e. The third kappa shape index (κ3) is 3.46. The Kier molecular flexibility index (Phi) is 3.67. The Labute approximate surface area is 114 Å². The van der Waals surface area contributed by atoms with Crippen molar-refractivity contribution in [2.45, 2.75) is 44.6 Å². The summed E-state index contributed by atoms with van der Waals surface area (Å²) in [6, 6.07) is 5.72. The lowest BCUT2D eigenvalue weighted by Gasteiger charge is -2.29. The lowest BCUT2D eigenvalue weighted by molar-refractivity contribution is 0.230. The fraction of sp³-hybridized carbons (Fsp3) is 0.600. The number of aromatic nitrogens is 1. The van der Waals surface area contributed by atoms with Gasteiger partial charge in [-0.3, -0.25) is 5.32 Å². The van der Waals surface area contributed by atoms with Crippen LogP contribution in [0.4, 0.5) is 10.6 Å². The zero-order valence-electron chi connectivity index (χ0n) is 11.1. The molecule has 102 valence electrons. The van der Waals surface area contributed by atoms with E-state index < -0.39 is 0 Å². The normalized spacial score (nSPS) is 26.7. The third-order valence-electron chi connectivity index (χ3n) is 4.25. The summed E-state index contributed by atoms with van der Waals surface area (Å²) < 4.78 is 0. The average molecular weight is 259 g/mol. The number of carbonyl (C=O) groups excluding carboxylic acids is 1. The van der Waals surface area contributed by atoms with E-state index in [1.165, 1.54) is 25.7 Å². The highest BCUT2D eigenvalue weighted by Gasteiger charge is 2.34. The van der Waals surface area contributed by atoms with Crippen molar-refractivity contribution < 1.29 is 4.79 Å². The number of nitrogens with zero attached hydrogens (tertiary/aromatic N) is 1. The van der Waals surface area contributed by atoms with Gasteiger partial charge in [-0.25, -0.2) is 9.78 Å². The van der Waals surface area contributed by atoms with E-state index in [9.17, 15) is 4.79 Å². The molecule has 2 N–H and O–H groups in total. The Morgan fingerprint density at radius 2 is 2.05 bits per heavy atom. The van der Waals surface area contributed by atoms with Crippen LogP contribution in [-0.2, 0) is 0 Å². The van der Waals surface area contributed by atoms with Crippen LogP contribution < -0.4 is 10.6 Å². The second-order valence-corrected chi connectivity index (χ2v) is 5.77. The number of urea groups is 1. The minimum Gasteiger partial charge on any atom is -0.335 e. The number of anilines is 1. The second-order valence-electron chi connectivity index (χ2n) is 5.77. The van der Waals surface area contributed by atoms with Crippen LogP contribution >= 0.6 is 0 Å². The first-order valence-corrected chi connectivity index (χ1v) is 7.30. The highest BCUT2D eigenvalue weighted by atomic mass is 16.2. The molecule has 2 aliphatic rings. The summed E-state index contributed by atoms with van der Waals surface area (Å²) in [5, 5.41) is 5.88. The molecule has 2 amide bonds. The fourth-order valence-electron chi connectivity index (χ4n) is 3.13. The topological polar surface area (TPSA) is 54.0 Å². The molecule has 0 radical (unpaired) electrons. The van der Waals surface area contributed by atoms with Crippen molar-refractivity contribution in [2.75, 3.05) is 5.32 Å². The monoisotopic (exact) mass is 259 g/mol. The summed E-state index contributed by atoms with van der Waals surface area (Å²) in [7, 11) is 0. The summed E-state index contributed by atoms with van der Waals surface area (Å²) >= 11 is 0. The minimum absolute atomic E-state index is 0.125. The molecule has 4 heteroatoms. The fourth-order valence-corrected chi connectivity index (χ4v) is 3.13. The second kappa shape index (κ2) is 5.59. The highest BCUT2D eigenvalue weighted by Crippen LogP contribution is 2.43. The van der Waals surface area contributed by atoms with Crippen molar-refractivity contribution in [2.24, 2.45) is 11.8 Å². The maximum absolute atomic E-state index is 11.9. The molecule has 1 heterocycles. The number of pyridine rings is 1. The molecule has 0 unspecified atom stereocenters. The molecule has 0 saturated heterocycles. The van der Waals surface area contributed by atoms with E-state index in [1.54, 1.807) is 12.3 Å². The predicted molar refractivity (Wildman–Crippen MR) is 74.9 cm³/mol. The Bertz CT molecular complexity index is 430. The summed E-state index contributed by atoms with van der Waals surface area (Å²) in [4.78, 5) is 16.0. The van der Waals surface area contributed by atoms with Crippen molar-refractivity contribution in [1.82, 2.24) is 10.3 Å². The van der Waals surface area contributed by atoms with Gasteiger partial charge in [0.25, 0.3) is 0 Å². The van der Waals surface area contributed by atoms with Gasteiger partial charge < -0.3 is 5.32 Å². The first-order chi connectivity index (χ1) is 9.31. The van der Waals surface area contributed by atoms with Crippen LogP contribution in [0.5, 0.6) is 0 Å². The van der Waals surface area contributed by atoms with Gasteiger partial charge in [-0.1, -0.05) is 18.9 Å². The van der Waals surface area contributed by atoms with Crippen LogP contribution in [0.25, 0.3) is 0 Å². The molecule has 2 aliphatic carbocycles. The van der Waals surface area contributed by atoms with Crippen molar-refractivity contribution in [1.29, 1.82) is 0 Å². The van der Waals surface area contributed by atoms with E-state index in [4.69, 9.17) is 0 Å². The predicted octanol–water partition coefficient (Wildman–Crippen LogP) is 3.17. The molecule has 2 fully saturated rings. The van der Waals surface area contributed by atoms with E-state index >= 15 is 0 Å². The van der Waals surface area contributed by atoms with Gasteiger partial charge in [0.15, 0.2) is 0 Å². The SMILES string of the molecule is O=C(Nc1ccccn1)N[C@@H]1CCC[C@H](C2CC2)C1. The summed E-state index contributed by atoms with van der Waals surface area (Å²) in [6.07, 6.45) is 9.34. The molecule has 1 aromatic heterocycles. The highest BCUT2D eigenvalue weighted by molar-refractivity contribution is 5.88. The van der Waals surface area contributed by atoms with Gasteiger partial charge in [-0.15, -0.1) is 0 Å². The molecule has 19 heavy (non-hydrogen) atoms. The largest absolute Gasteiger partial charge is 0.335 e. The molecular weight excluding hydrogens is 238 g/mol. The smallest absolute Gasteiger partial charge is 0.320 e. The Balaban J connectivity index is 1.48. The third-order valence-corrected chi connectivity index (χ3v) is 4.25. The van der Waals surface area contributed by atoms with Gasteiger partial charge in [0.1, 0.15) is 5.82 Å². The number of hydrogen-bond acceptors (Lipinski definition) is 2. The van der Waals surface area contributed by atoms with Crippen LogP contribution in [0.2, 0.25) is 0 Å². The number of amides is 2. The molecule has 1 aromatic rings. The van der Waals surface area contributed by atoms with Gasteiger partial charge in [-0.05, 0) is 49.7 Å². The summed E-state index contributed by atoms with van der Waals surface area (Å²) in [5.41, 5.74) is 0. The number of nitrogens with one attached hydrogen (secondary N) is 2. The van der Waals surface area contributed by atoms with E-state index in [-0.39, 0.29) is 6.03 Å². The summed E-state index contributed by atoms with van der Waals surface area (Å²) in [5.74, 6) is 2.40. The van der Waals surface area contributed by atoms with E-state index in [2.05, 4.69) is 15.6 Å². The zero-order valence-corrected chi connectivity index (χ0v) is 11.1. The molecule has 0 aliphatic heterocycles. The van der Waals surface area contributed by atoms with Crippen LogP contribution in [0.3, 0.4) is 0 Å². The Hall–Kier alpha value is -1.58. The first kappa shape index (κ1) is 12.5. The molecule has 0 bridgehead atoms. The molecular formula is C15H21N3O. The molecule has 0 spiro atoms. The van der Waals surface area contributed by atoms with E-state index in [1.807, 2.05) is 12.1 Å². The number of hydrogen-bond donors (Lipinski definition) is 2. The van der Waals surface area contributed by atoms with E-state index in [0.717, 1.165) is 24.7 Å². The first-order valence-electron chi connectivity index (χ1n) is 7.30. The quantitative estimate of drug-likeness (QED) is 0.876. The molecule has 2 atom stereocenters. The molecule has 0 aromatic carbocycles. The van der Waals surface area contributed by atoms with Gasteiger partial charge in [0.2, 0.25) is 0 Å². The van der Waals surface area contributed by atoms with E-state index in [0.29, 0.717) is 11.9 Å². The van der Waals surface area contributed by atoms with Crippen molar-refractivity contribution >= 4 is 11.8 Å². The number of carbonyl (C=O) groups is 1. The van der Waals surface area contributed by atoms with Crippen LogP contribution in [0, 0.1) is 11.8 Å². The number of rotatable bonds is 3. The van der Waals surface area contributed by atoms with Gasteiger partial charge in [-0.2, -0.15) is 0 Å². The molecule has 4 nitrogen and oxygen atoms in total. The minimum atomic E-state index is -0.125. The lowest BCUT2D eigenvalue weighted by Crippen LogP contribution is -2.41. The van der Waals surface area contributed by atoms with Crippen molar-refractivity contribution in [3.05, 3.63) is 24.4 Å². The summed E-state index contributed by atoms with van der Waals surface area (Å²) in [6.45, 7) is 0. The standard InChI is InChI=1S/C15H21N3O/c19-15(18-14-6-1-2-9-16-14)17-13-5-3-4-12(10-13)11-7-8-11/h1-2,6,9,11-13H,3-5,7-8,10H2,(H2,16,17,18,19)/t12-,13+/m0/s1. The maximum atomic E-state index is 11.9. The van der Waals surface area contributed by atoms with Crippen LogP contribution in [-0.4, -0.2) is 17.1 Å². The van der Waals surface area contributed by atoms with Gasteiger partial charge in [0.05, 0.1) is 0 Å². The van der Waals surface area contributed by atoms with Crippen molar-refractivity contribution in [3.8, 4) is 0 Å². The Morgan fingerprint density at radius 1 is 1.16 bits per heavy atom. The van der Waals surface area contributed by atoms with Crippen LogP contribution in [0.15, 0.2) is 24.4 Å². The van der Waals surface area contributed by atoms with Crippen LogP contribution in [0.1, 0.15) is 38.5 Å². The zero-order chi connectivity index (χ0) is 13.1. The van der Waals surface area contributed by atoms with Gasteiger partial charge >= 0.3 is 6.03 Å². The van der Waals surface area contributed by atoms with Crippen molar-refractivity contribution in [3.63, 3.8) is 0 Å². The molecule has 3 rings (SSSR count). The van der Waals surface area contributed by atoms with Gasteiger partial charge in [0, 0.05) is 12.2 Å².